The Kier molecular flexibility index (Phi) is 5.27. The number of carbonyl (C=O) groups excluding carboxylic acids is 1. The summed E-state index contributed by atoms with van der Waals surface area (Å²) in [6.45, 7) is 4.68. The molecule has 1 N–H and O–H groups in total. The molecular formula is C21H22N4O. The summed E-state index contributed by atoms with van der Waals surface area (Å²) in [6, 6.07) is 17.6. The molecule has 3 rings (SSSR count). The van der Waals surface area contributed by atoms with Gasteiger partial charge in [-0.25, -0.2) is 9.97 Å². The molecule has 26 heavy (non-hydrogen) atoms. The third-order valence-electron chi connectivity index (χ3n) is 3.96. The maximum absolute atomic E-state index is 12.5. The molecule has 0 bridgehead atoms. The van der Waals surface area contributed by atoms with E-state index in [0.29, 0.717) is 18.2 Å². The van der Waals surface area contributed by atoms with Gasteiger partial charge in [0, 0.05) is 25.5 Å². The van der Waals surface area contributed by atoms with E-state index in [1.54, 1.807) is 12.3 Å². The summed E-state index contributed by atoms with van der Waals surface area (Å²) in [5, 5.41) is 2.91. The fraction of sp³-hybridized carbons (Fsp3) is 0.190. The van der Waals surface area contributed by atoms with E-state index in [4.69, 9.17) is 0 Å². The number of benzene rings is 2. The average Bonchev–Trinajstić information content (AvgIpc) is 2.62. The van der Waals surface area contributed by atoms with Crippen molar-refractivity contribution in [3.63, 3.8) is 0 Å². The van der Waals surface area contributed by atoms with Crippen molar-refractivity contribution in [2.24, 2.45) is 0 Å². The lowest BCUT2D eigenvalue weighted by Gasteiger charge is -2.17. The lowest BCUT2D eigenvalue weighted by molar-refractivity contribution is 0.102. The van der Waals surface area contributed by atoms with Crippen LogP contribution >= 0.6 is 0 Å². The summed E-state index contributed by atoms with van der Waals surface area (Å²) in [5.74, 6) is 0.272. The van der Waals surface area contributed by atoms with Crippen molar-refractivity contribution in [1.82, 2.24) is 9.97 Å². The van der Waals surface area contributed by atoms with E-state index < -0.39 is 0 Å². The van der Waals surface area contributed by atoms with Crippen LogP contribution in [-0.4, -0.2) is 22.9 Å². The molecule has 0 fully saturated rings. The highest BCUT2D eigenvalue weighted by Gasteiger charge is 2.12. The first-order valence-electron chi connectivity index (χ1n) is 8.49. The molecule has 0 aliphatic heterocycles. The molecule has 0 aliphatic carbocycles. The number of amides is 1. The second kappa shape index (κ2) is 7.78. The molecule has 0 radical (unpaired) electrons. The van der Waals surface area contributed by atoms with Gasteiger partial charge in [0.2, 0.25) is 5.95 Å². The van der Waals surface area contributed by atoms with E-state index >= 15 is 0 Å². The third kappa shape index (κ3) is 4.45. The van der Waals surface area contributed by atoms with E-state index in [1.165, 1.54) is 0 Å². The molecule has 5 heteroatoms. The van der Waals surface area contributed by atoms with Gasteiger partial charge in [0.15, 0.2) is 0 Å². The molecule has 1 aromatic heterocycles. The second-order valence-corrected chi connectivity index (χ2v) is 6.41. The van der Waals surface area contributed by atoms with Crippen LogP contribution in [-0.2, 0) is 6.54 Å². The van der Waals surface area contributed by atoms with Crippen molar-refractivity contribution in [3.05, 3.63) is 83.2 Å². The molecule has 2 aromatic carbocycles. The van der Waals surface area contributed by atoms with E-state index in [0.717, 1.165) is 22.4 Å². The molecule has 0 spiro atoms. The van der Waals surface area contributed by atoms with E-state index in [2.05, 4.69) is 21.4 Å². The monoisotopic (exact) mass is 346 g/mol. The van der Waals surface area contributed by atoms with Gasteiger partial charge in [-0.1, -0.05) is 36.4 Å². The van der Waals surface area contributed by atoms with Crippen LogP contribution in [0.5, 0.6) is 0 Å². The quantitative estimate of drug-likeness (QED) is 0.759. The summed E-state index contributed by atoms with van der Waals surface area (Å²) >= 11 is 0. The van der Waals surface area contributed by atoms with Gasteiger partial charge in [-0.3, -0.25) is 4.79 Å². The third-order valence-corrected chi connectivity index (χ3v) is 3.96. The number of aromatic nitrogens is 2. The van der Waals surface area contributed by atoms with Crippen molar-refractivity contribution >= 4 is 17.5 Å². The van der Waals surface area contributed by atoms with E-state index in [9.17, 15) is 4.79 Å². The molecule has 0 unspecified atom stereocenters. The summed E-state index contributed by atoms with van der Waals surface area (Å²) in [6.07, 6.45) is 1.61. The first-order chi connectivity index (χ1) is 12.5. The SMILES string of the molecule is Cc1cc(C)cc(NC(=O)c2ccnc(N(C)Cc3ccccc3)n2)c1. The van der Waals surface area contributed by atoms with Gasteiger partial charge in [0.05, 0.1) is 0 Å². The molecule has 0 atom stereocenters. The summed E-state index contributed by atoms with van der Waals surface area (Å²) in [5.41, 5.74) is 4.47. The Hall–Kier alpha value is -3.21. The van der Waals surface area contributed by atoms with Crippen LogP contribution in [0.15, 0.2) is 60.8 Å². The minimum absolute atomic E-state index is 0.244. The lowest BCUT2D eigenvalue weighted by atomic mass is 10.1. The molecule has 132 valence electrons. The van der Waals surface area contributed by atoms with Crippen LogP contribution in [0, 0.1) is 13.8 Å². The zero-order valence-electron chi connectivity index (χ0n) is 15.2. The maximum Gasteiger partial charge on any atom is 0.274 e. The van der Waals surface area contributed by atoms with E-state index in [1.807, 2.05) is 68.3 Å². The summed E-state index contributed by atoms with van der Waals surface area (Å²) < 4.78 is 0. The highest BCUT2D eigenvalue weighted by Crippen LogP contribution is 2.15. The fourth-order valence-corrected chi connectivity index (χ4v) is 2.83. The molecular weight excluding hydrogens is 324 g/mol. The molecule has 1 heterocycles. The Morgan fingerprint density at radius 3 is 2.42 bits per heavy atom. The number of rotatable bonds is 5. The minimum atomic E-state index is -0.244. The molecule has 1 amide bonds. The van der Waals surface area contributed by atoms with Gasteiger partial charge < -0.3 is 10.2 Å². The number of hydrogen-bond acceptors (Lipinski definition) is 4. The lowest BCUT2D eigenvalue weighted by Crippen LogP contribution is -2.21. The predicted molar refractivity (Wildman–Crippen MR) is 104 cm³/mol. The van der Waals surface area contributed by atoms with Gasteiger partial charge in [-0.2, -0.15) is 0 Å². The number of anilines is 2. The second-order valence-electron chi connectivity index (χ2n) is 6.41. The van der Waals surface area contributed by atoms with Crippen LogP contribution in [0.2, 0.25) is 0 Å². The van der Waals surface area contributed by atoms with Crippen molar-refractivity contribution < 1.29 is 4.79 Å². The number of nitrogens with one attached hydrogen (secondary N) is 1. The Balaban J connectivity index is 1.74. The van der Waals surface area contributed by atoms with Crippen molar-refractivity contribution in [2.45, 2.75) is 20.4 Å². The highest BCUT2D eigenvalue weighted by atomic mass is 16.1. The van der Waals surface area contributed by atoms with Gasteiger partial charge in [0.25, 0.3) is 5.91 Å². The normalized spacial score (nSPS) is 10.4. The first-order valence-corrected chi connectivity index (χ1v) is 8.49. The molecule has 5 nitrogen and oxygen atoms in total. The topological polar surface area (TPSA) is 58.1 Å². The fourth-order valence-electron chi connectivity index (χ4n) is 2.83. The van der Waals surface area contributed by atoms with Gasteiger partial charge >= 0.3 is 0 Å². The zero-order valence-corrected chi connectivity index (χ0v) is 15.2. The minimum Gasteiger partial charge on any atom is -0.340 e. The summed E-state index contributed by atoms with van der Waals surface area (Å²) in [4.78, 5) is 23.2. The number of carbonyl (C=O) groups is 1. The largest absolute Gasteiger partial charge is 0.340 e. The van der Waals surface area contributed by atoms with Crippen LogP contribution in [0.4, 0.5) is 11.6 Å². The molecule has 0 saturated heterocycles. The Labute approximate surface area is 153 Å². The van der Waals surface area contributed by atoms with Crippen LogP contribution in [0.1, 0.15) is 27.2 Å². The zero-order chi connectivity index (χ0) is 18.5. The maximum atomic E-state index is 12.5. The van der Waals surface area contributed by atoms with Gasteiger partial charge in [0.1, 0.15) is 5.69 Å². The summed E-state index contributed by atoms with van der Waals surface area (Å²) in [7, 11) is 1.91. The van der Waals surface area contributed by atoms with Crippen LogP contribution in [0.3, 0.4) is 0 Å². The standard InChI is InChI=1S/C21H22N4O/c1-15-11-16(2)13-18(12-15)23-20(26)19-9-10-22-21(24-19)25(3)14-17-7-5-4-6-8-17/h4-13H,14H2,1-3H3,(H,23,26). The number of nitrogens with zero attached hydrogens (tertiary/aromatic N) is 3. The number of aryl methyl sites for hydroxylation is 2. The van der Waals surface area contributed by atoms with Crippen molar-refractivity contribution in [3.8, 4) is 0 Å². The van der Waals surface area contributed by atoms with Crippen LogP contribution in [0.25, 0.3) is 0 Å². The molecule has 0 saturated carbocycles. The van der Waals surface area contributed by atoms with E-state index in [-0.39, 0.29) is 5.91 Å². The van der Waals surface area contributed by atoms with Crippen LogP contribution < -0.4 is 10.2 Å². The van der Waals surface area contributed by atoms with Crippen molar-refractivity contribution in [1.29, 1.82) is 0 Å². The van der Waals surface area contributed by atoms with Gasteiger partial charge in [-0.15, -0.1) is 0 Å². The average molecular weight is 346 g/mol. The molecule has 0 aliphatic rings. The predicted octanol–water partition coefficient (Wildman–Crippen LogP) is 3.98. The molecule has 3 aromatic rings. The van der Waals surface area contributed by atoms with Crippen molar-refractivity contribution in [2.75, 3.05) is 17.3 Å². The van der Waals surface area contributed by atoms with Gasteiger partial charge in [-0.05, 0) is 48.7 Å². The Bertz CT molecular complexity index is 889. The Morgan fingerprint density at radius 2 is 1.73 bits per heavy atom. The Morgan fingerprint density at radius 1 is 1.04 bits per heavy atom. The number of hydrogen-bond donors (Lipinski definition) is 1. The highest BCUT2D eigenvalue weighted by molar-refractivity contribution is 6.03. The smallest absolute Gasteiger partial charge is 0.274 e. The first kappa shape index (κ1) is 17.6.